The maximum Gasteiger partial charge on any atom is 0.145 e. The van der Waals surface area contributed by atoms with Crippen molar-refractivity contribution in [2.45, 2.75) is 0 Å². The average molecular weight is 719 g/mol. The molecule has 8 aromatic carbocycles. The molecule has 0 aliphatic carbocycles. The van der Waals surface area contributed by atoms with E-state index < -0.39 is 14.1 Å². The summed E-state index contributed by atoms with van der Waals surface area (Å²) in [6.45, 7) is 0. The molecule has 1 aromatic heterocycles. The van der Waals surface area contributed by atoms with E-state index in [0.29, 0.717) is 0 Å². The van der Waals surface area contributed by atoms with E-state index >= 15 is 0 Å². The van der Waals surface area contributed by atoms with E-state index in [0.717, 1.165) is 65.1 Å². The van der Waals surface area contributed by atoms with Gasteiger partial charge >= 0.3 is 0 Å². The van der Waals surface area contributed by atoms with Gasteiger partial charge in [0.1, 0.15) is 11.2 Å². The summed E-state index contributed by atoms with van der Waals surface area (Å²) in [4.78, 5) is 0. The Hall–Kier alpha value is -5.98. The van der Waals surface area contributed by atoms with E-state index in [1.165, 1.54) is 0 Å². The van der Waals surface area contributed by atoms with Crippen LogP contribution in [0.1, 0.15) is 0 Å². The van der Waals surface area contributed by atoms with Crippen LogP contribution in [0.15, 0.2) is 232 Å². The van der Waals surface area contributed by atoms with Crippen molar-refractivity contribution in [3.05, 3.63) is 218 Å². The molecule has 9 aromatic rings. The van der Waals surface area contributed by atoms with Crippen molar-refractivity contribution < 1.29 is 4.42 Å². The predicted molar refractivity (Wildman–Crippen MR) is 228 cm³/mol. The standard InChI is InChI=1S/C48H36N2OP2/c1-7-21-37(22-8-1)49-52(39-25-11-3-12-26-39,40-27-13-4-14-28-40)45-35-19-33-43-44-34-20-36-46(48(44)51-47(43)45)53(41-29-15-5-16-30-41,42-31-17-6-18-32-42)50-38-23-9-2-10-24-38/h1-36H. The minimum atomic E-state index is -2.69. The molecule has 9 rings (SSSR count). The minimum Gasteiger partial charge on any atom is -0.455 e. The number of para-hydroxylation sites is 2. The molecule has 0 amide bonds. The molecule has 0 N–H and O–H groups in total. The van der Waals surface area contributed by atoms with Crippen LogP contribution in [-0.4, -0.2) is 0 Å². The molecule has 0 unspecified atom stereocenters. The Bertz CT molecular complexity index is 2490. The molecule has 0 bridgehead atoms. The SMILES string of the molecule is c1ccc(N=P(c2ccccc2)(c2ccccc2)c2cccc3c2oc2c(P(=Nc4ccccc4)(c4ccccc4)c4ccccc4)cccc23)cc1. The highest BCUT2D eigenvalue weighted by Gasteiger charge is 2.34. The lowest BCUT2D eigenvalue weighted by atomic mass is 10.1. The van der Waals surface area contributed by atoms with Crippen molar-refractivity contribution in [2.24, 2.45) is 9.49 Å². The van der Waals surface area contributed by atoms with Crippen molar-refractivity contribution in [2.75, 3.05) is 0 Å². The van der Waals surface area contributed by atoms with Gasteiger partial charge in [0.25, 0.3) is 0 Å². The Morgan fingerprint density at radius 1 is 0.283 bits per heavy atom. The molecule has 0 fully saturated rings. The van der Waals surface area contributed by atoms with Crippen LogP contribution in [0.2, 0.25) is 0 Å². The second-order valence-corrected chi connectivity index (χ2v) is 18.9. The van der Waals surface area contributed by atoms with Gasteiger partial charge < -0.3 is 4.42 Å². The molecule has 0 aliphatic rings. The van der Waals surface area contributed by atoms with Gasteiger partial charge in [0.2, 0.25) is 0 Å². The fourth-order valence-corrected chi connectivity index (χ4v) is 14.7. The van der Waals surface area contributed by atoms with Crippen LogP contribution in [0.4, 0.5) is 11.4 Å². The molecule has 254 valence electrons. The first-order valence-electron chi connectivity index (χ1n) is 17.8. The molecular formula is C48H36N2OP2. The first-order valence-corrected chi connectivity index (χ1v) is 21.3. The molecule has 0 atom stereocenters. The Morgan fingerprint density at radius 3 is 0.868 bits per heavy atom. The summed E-state index contributed by atoms with van der Waals surface area (Å²) in [5.41, 5.74) is 3.58. The summed E-state index contributed by atoms with van der Waals surface area (Å²) in [6, 6.07) is 77.0. The van der Waals surface area contributed by atoms with E-state index in [-0.39, 0.29) is 0 Å². The smallest absolute Gasteiger partial charge is 0.145 e. The Kier molecular flexibility index (Phi) is 8.82. The zero-order chi connectivity index (χ0) is 35.5. The first-order chi connectivity index (χ1) is 26.3. The number of rotatable bonds is 8. The lowest BCUT2D eigenvalue weighted by Gasteiger charge is -2.27. The predicted octanol–water partition coefficient (Wildman–Crippen LogP) is 11.2. The van der Waals surface area contributed by atoms with Gasteiger partial charge in [-0.05, 0) is 36.4 Å². The number of hydrogen-bond acceptors (Lipinski definition) is 3. The van der Waals surface area contributed by atoms with Crippen molar-refractivity contribution in [3.63, 3.8) is 0 Å². The van der Waals surface area contributed by atoms with E-state index in [4.69, 9.17) is 13.9 Å². The van der Waals surface area contributed by atoms with Crippen LogP contribution >= 0.6 is 14.1 Å². The van der Waals surface area contributed by atoms with Gasteiger partial charge in [0.15, 0.2) is 0 Å². The van der Waals surface area contributed by atoms with E-state index in [9.17, 15) is 0 Å². The third kappa shape index (κ3) is 5.80. The van der Waals surface area contributed by atoms with Crippen LogP contribution in [0.25, 0.3) is 21.9 Å². The van der Waals surface area contributed by atoms with Crippen molar-refractivity contribution in [1.29, 1.82) is 0 Å². The summed E-state index contributed by atoms with van der Waals surface area (Å²) in [7, 11) is -5.37. The lowest BCUT2D eigenvalue weighted by molar-refractivity contribution is 0.674. The first kappa shape index (κ1) is 32.9. The third-order valence-electron chi connectivity index (χ3n) is 9.74. The lowest BCUT2D eigenvalue weighted by Crippen LogP contribution is -2.26. The highest BCUT2D eigenvalue weighted by atomic mass is 31.2. The van der Waals surface area contributed by atoms with Gasteiger partial charge in [0, 0.05) is 42.6 Å². The molecule has 0 radical (unpaired) electrons. The fourth-order valence-electron chi connectivity index (χ4n) is 7.40. The van der Waals surface area contributed by atoms with Crippen molar-refractivity contribution >= 4 is 79.2 Å². The summed E-state index contributed by atoms with van der Waals surface area (Å²) >= 11 is 0. The molecule has 0 aliphatic heterocycles. The number of fused-ring (bicyclic) bond motifs is 3. The van der Waals surface area contributed by atoms with Crippen LogP contribution < -0.4 is 31.8 Å². The maximum atomic E-state index is 7.42. The molecule has 0 saturated heterocycles. The second-order valence-electron chi connectivity index (χ2n) is 12.9. The minimum absolute atomic E-state index is 0.856. The van der Waals surface area contributed by atoms with E-state index in [1.807, 2.05) is 12.1 Å². The zero-order valence-corrected chi connectivity index (χ0v) is 30.8. The van der Waals surface area contributed by atoms with Crippen molar-refractivity contribution in [1.82, 2.24) is 0 Å². The Balaban J connectivity index is 1.44. The topological polar surface area (TPSA) is 37.9 Å². The van der Waals surface area contributed by atoms with Gasteiger partial charge in [-0.15, -0.1) is 0 Å². The van der Waals surface area contributed by atoms with E-state index in [2.05, 4.69) is 206 Å². The van der Waals surface area contributed by atoms with Gasteiger partial charge in [-0.2, -0.15) is 0 Å². The number of hydrogen-bond donors (Lipinski definition) is 0. The van der Waals surface area contributed by atoms with Crippen LogP contribution in [-0.2, 0) is 0 Å². The average Bonchev–Trinajstić information content (AvgIpc) is 3.63. The Labute approximate surface area is 310 Å². The molecule has 1 heterocycles. The number of benzene rings is 8. The normalized spacial score (nSPS) is 11.8. The summed E-state index contributed by atoms with van der Waals surface area (Å²) in [5, 5.41) is 8.96. The third-order valence-corrected chi connectivity index (χ3v) is 17.1. The summed E-state index contributed by atoms with van der Waals surface area (Å²) in [6.07, 6.45) is 0. The molecule has 3 nitrogen and oxygen atoms in total. The van der Waals surface area contributed by atoms with Gasteiger partial charge in [0.05, 0.1) is 25.5 Å². The second kappa shape index (κ2) is 14.2. The molecular weight excluding hydrogens is 682 g/mol. The van der Waals surface area contributed by atoms with Gasteiger partial charge in [-0.25, -0.2) is 0 Å². The van der Waals surface area contributed by atoms with Crippen molar-refractivity contribution in [3.8, 4) is 0 Å². The van der Waals surface area contributed by atoms with Gasteiger partial charge in [-0.3, -0.25) is 9.49 Å². The molecule has 0 saturated carbocycles. The quantitative estimate of drug-likeness (QED) is 0.144. The Morgan fingerprint density at radius 2 is 0.566 bits per heavy atom. The number of furan rings is 1. The largest absolute Gasteiger partial charge is 0.455 e. The van der Waals surface area contributed by atoms with Gasteiger partial charge in [-0.1, -0.05) is 182 Å². The highest BCUT2D eigenvalue weighted by Crippen LogP contribution is 2.54. The molecule has 5 heteroatoms. The van der Waals surface area contributed by atoms with E-state index in [1.54, 1.807) is 0 Å². The molecule has 53 heavy (non-hydrogen) atoms. The molecule has 0 spiro atoms. The van der Waals surface area contributed by atoms with Crippen LogP contribution in [0, 0.1) is 0 Å². The highest BCUT2D eigenvalue weighted by molar-refractivity contribution is 7.88. The summed E-state index contributed by atoms with van der Waals surface area (Å²) in [5.74, 6) is 0. The van der Waals surface area contributed by atoms with Crippen LogP contribution in [0.5, 0.6) is 0 Å². The fraction of sp³-hybridized carbons (Fsp3) is 0. The number of nitrogens with zero attached hydrogens (tertiary/aromatic N) is 2. The van der Waals surface area contributed by atoms with Crippen LogP contribution in [0.3, 0.4) is 0 Å². The summed E-state index contributed by atoms with van der Waals surface area (Å²) < 4.78 is 19.0. The monoisotopic (exact) mass is 718 g/mol. The maximum absolute atomic E-state index is 7.42. The zero-order valence-electron chi connectivity index (χ0n) is 29.0.